The van der Waals surface area contributed by atoms with E-state index in [9.17, 15) is 9.18 Å². The molecule has 1 atom stereocenters. The Balaban J connectivity index is 1.33. The summed E-state index contributed by atoms with van der Waals surface area (Å²) in [5.41, 5.74) is 1.66. The quantitative estimate of drug-likeness (QED) is 0.783. The number of amides is 1. The Morgan fingerprint density at radius 3 is 2.62 bits per heavy atom. The average molecular weight is 443 g/mol. The summed E-state index contributed by atoms with van der Waals surface area (Å²) >= 11 is 0. The Bertz CT molecular complexity index is 940. The number of nitrogens with one attached hydrogen (secondary N) is 1. The van der Waals surface area contributed by atoms with E-state index in [-0.39, 0.29) is 30.6 Å². The van der Waals surface area contributed by atoms with E-state index in [0.717, 1.165) is 31.7 Å². The van der Waals surface area contributed by atoms with Gasteiger partial charge >= 0.3 is 6.09 Å². The number of benzene rings is 1. The zero-order chi connectivity index (χ0) is 22.7. The Labute approximate surface area is 188 Å². The summed E-state index contributed by atoms with van der Waals surface area (Å²) in [6, 6.07) is 10.7. The fourth-order valence-corrected chi connectivity index (χ4v) is 4.11. The van der Waals surface area contributed by atoms with E-state index < -0.39 is 6.09 Å². The van der Waals surface area contributed by atoms with Crippen LogP contribution in [-0.4, -0.2) is 60.3 Å². The van der Waals surface area contributed by atoms with E-state index in [1.807, 2.05) is 35.2 Å². The number of ether oxygens (including phenoxy) is 2. The third-order valence-corrected chi connectivity index (χ3v) is 5.95. The molecular weight excluding hydrogens is 411 g/mol. The van der Waals surface area contributed by atoms with Crippen LogP contribution in [0, 0.1) is 5.82 Å². The maximum Gasteiger partial charge on any atom is 0.407 e. The molecule has 1 N–H and O–H groups in total. The van der Waals surface area contributed by atoms with Crippen LogP contribution in [0.5, 0.6) is 5.88 Å². The first-order chi connectivity index (χ1) is 15.3. The minimum atomic E-state index is -0.521. The van der Waals surface area contributed by atoms with Gasteiger partial charge in [0.25, 0.3) is 0 Å². The SMILES string of the molecule is CC(C)(C)N1CCN(c2nc3c(cc2F)C[C@@H](NC(=O)OCc2ccccc2)CO3)CC1. The summed E-state index contributed by atoms with van der Waals surface area (Å²) in [4.78, 5) is 21.0. The molecule has 4 rings (SSSR count). The minimum Gasteiger partial charge on any atom is -0.475 e. The van der Waals surface area contributed by atoms with Gasteiger partial charge in [0.2, 0.25) is 5.88 Å². The second-order valence-electron chi connectivity index (χ2n) is 9.32. The first-order valence-corrected chi connectivity index (χ1v) is 11.1. The van der Waals surface area contributed by atoms with E-state index in [0.29, 0.717) is 23.7 Å². The highest BCUT2D eigenvalue weighted by Gasteiger charge is 2.30. The van der Waals surface area contributed by atoms with Gasteiger partial charge in [-0.25, -0.2) is 9.18 Å². The largest absolute Gasteiger partial charge is 0.475 e. The van der Waals surface area contributed by atoms with Gasteiger partial charge in [0.05, 0.1) is 6.04 Å². The van der Waals surface area contributed by atoms with Gasteiger partial charge in [-0.3, -0.25) is 4.90 Å². The van der Waals surface area contributed by atoms with E-state index in [4.69, 9.17) is 9.47 Å². The van der Waals surface area contributed by atoms with Gasteiger partial charge < -0.3 is 19.7 Å². The Morgan fingerprint density at radius 2 is 1.94 bits per heavy atom. The van der Waals surface area contributed by atoms with E-state index in [1.165, 1.54) is 6.07 Å². The molecule has 172 valence electrons. The van der Waals surface area contributed by atoms with Gasteiger partial charge in [-0.05, 0) is 32.4 Å². The molecule has 1 saturated heterocycles. The fourth-order valence-electron chi connectivity index (χ4n) is 4.11. The third kappa shape index (κ3) is 5.30. The van der Waals surface area contributed by atoms with Crippen molar-refractivity contribution in [2.45, 2.75) is 45.4 Å². The van der Waals surface area contributed by atoms with Gasteiger partial charge in [-0.2, -0.15) is 4.98 Å². The zero-order valence-electron chi connectivity index (χ0n) is 18.9. The molecule has 32 heavy (non-hydrogen) atoms. The molecule has 0 radical (unpaired) electrons. The lowest BCUT2D eigenvalue weighted by Crippen LogP contribution is -2.53. The Morgan fingerprint density at radius 1 is 1.22 bits per heavy atom. The molecule has 0 spiro atoms. The first-order valence-electron chi connectivity index (χ1n) is 11.1. The molecular formula is C24H31FN4O3. The number of pyridine rings is 1. The number of piperazine rings is 1. The van der Waals surface area contributed by atoms with Crippen LogP contribution < -0.4 is 15.0 Å². The van der Waals surface area contributed by atoms with E-state index >= 15 is 0 Å². The molecule has 1 aromatic carbocycles. The van der Waals surface area contributed by atoms with Gasteiger partial charge in [-0.1, -0.05) is 30.3 Å². The predicted octanol–water partition coefficient (Wildman–Crippen LogP) is 3.37. The number of hydrogen-bond donors (Lipinski definition) is 1. The summed E-state index contributed by atoms with van der Waals surface area (Å²) in [5.74, 6) is 0.421. The molecule has 1 aromatic heterocycles. The number of rotatable bonds is 4. The number of aromatic nitrogens is 1. The van der Waals surface area contributed by atoms with Crippen LogP contribution in [0.4, 0.5) is 15.0 Å². The lowest BCUT2D eigenvalue weighted by atomic mass is 10.0. The van der Waals surface area contributed by atoms with Gasteiger partial charge in [0.1, 0.15) is 13.2 Å². The van der Waals surface area contributed by atoms with Crippen molar-refractivity contribution >= 4 is 11.9 Å². The van der Waals surface area contributed by atoms with Gasteiger partial charge in [0.15, 0.2) is 11.6 Å². The molecule has 0 saturated carbocycles. The lowest BCUT2D eigenvalue weighted by Gasteiger charge is -2.42. The molecule has 1 amide bonds. The highest BCUT2D eigenvalue weighted by molar-refractivity contribution is 5.67. The van der Waals surface area contributed by atoms with Crippen LogP contribution in [0.15, 0.2) is 36.4 Å². The van der Waals surface area contributed by atoms with E-state index in [2.05, 4.69) is 36.0 Å². The molecule has 7 nitrogen and oxygen atoms in total. The summed E-state index contributed by atoms with van der Waals surface area (Å²) in [6.45, 7) is 10.2. The number of hydrogen-bond acceptors (Lipinski definition) is 6. The summed E-state index contributed by atoms with van der Waals surface area (Å²) in [7, 11) is 0. The van der Waals surface area contributed by atoms with Crippen molar-refractivity contribution in [2.75, 3.05) is 37.7 Å². The molecule has 8 heteroatoms. The number of halogens is 1. The molecule has 2 aliphatic rings. The van der Waals surface area contributed by atoms with Crippen molar-refractivity contribution in [3.05, 3.63) is 53.3 Å². The molecule has 3 heterocycles. The van der Waals surface area contributed by atoms with Crippen LogP contribution in [0.25, 0.3) is 0 Å². The summed E-state index contributed by atoms with van der Waals surface area (Å²) < 4.78 is 25.9. The predicted molar refractivity (Wildman–Crippen MR) is 120 cm³/mol. The van der Waals surface area contributed by atoms with Crippen LogP contribution in [0.1, 0.15) is 31.9 Å². The first kappa shape index (κ1) is 22.3. The monoisotopic (exact) mass is 442 g/mol. The van der Waals surface area contributed by atoms with E-state index in [1.54, 1.807) is 0 Å². The number of carbonyl (C=O) groups is 1. The fraction of sp³-hybridized carbons (Fsp3) is 0.500. The summed E-state index contributed by atoms with van der Waals surface area (Å²) in [5, 5.41) is 2.79. The number of alkyl carbamates (subject to hydrolysis) is 1. The molecule has 2 aliphatic heterocycles. The molecule has 2 aromatic rings. The second kappa shape index (κ2) is 9.32. The maximum absolute atomic E-state index is 14.9. The van der Waals surface area contributed by atoms with Crippen molar-refractivity contribution < 1.29 is 18.7 Å². The smallest absolute Gasteiger partial charge is 0.407 e. The number of nitrogens with zero attached hydrogens (tertiary/aromatic N) is 3. The van der Waals surface area contributed by atoms with Crippen molar-refractivity contribution in [3.8, 4) is 5.88 Å². The van der Waals surface area contributed by atoms with Crippen LogP contribution in [0.2, 0.25) is 0 Å². The van der Waals surface area contributed by atoms with Crippen molar-refractivity contribution in [1.82, 2.24) is 15.2 Å². The Kier molecular flexibility index (Phi) is 6.50. The summed E-state index contributed by atoms with van der Waals surface area (Å²) in [6.07, 6.45) is -0.0784. The standard InChI is InChI=1S/C24H31FN4O3/c1-24(2,3)29-11-9-28(10-12-29)21-20(25)14-18-13-19(16-31-22(18)27-21)26-23(30)32-15-17-7-5-4-6-8-17/h4-8,14,19H,9-13,15-16H2,1-3H3,(H,26,30)/t19-/m1/s1. The Hall–Kier alpha value is -2.87. The normalized spacial score (nSPS) is 19.1. The topological polar surface area (TPSA) is 66.9 Å². The third-order valence-electron chi connectivity index (χ3n) is 5.95. The number of anilines is 1. The molecule has 0 bridgehead atoms. The maximum atomic E-state index is 14.9. The molecule has 0 aliphatic carbocycles. The molecule has 0 unspecified atom stereocenters. The van der Waals surface area contributed by atoms with Crippen LogP contribution >= 0.6 is 0 Å². The average Bonchev–Trinajstić information content (AvgIpc) is 2.77. The number of carbonyl (C=O) groups excluding carboxylic acids is 1. The number of fused-ring (bicyclic) bond motifs is 1. The van der Waals surface area contributed by atoms with Gasteiger partial charge in [-0.15, -0.1) is 0 Å². The highest BCUT2D eigenvalue weighted by atomic mass is 19.1. The molecule has 1 fully saturated rings. The van der Waals surface area contributed by atoms with Gasteiger partial charge in [0, 0.05) is 43.7 Å². The van der Waals surface area contributed by atoms with Crippen LogP contribution in [-0.2, 0) is 17.8 Å². The van der Waals surface area contributed by atoms with Crippen molar-refractivity contribution in [3.63, 3.8) is 0 Å². The minimum absolute atomic E-state index is 0.0985. The van der Waals surface area contributed by atoms with Crippen LogP contribution in [0.3, 0.4) is 0 Å². The van der Waals surface area contributed by atoms with Crippen molar-refractivity contribution in [2.24, 2.45) is 0 Å². The highest BCUT2D eigenvalue weighted by Crippen LogP contribution is 2.30. The lowest BCUT2D eigenvalue weighted by molar-refractivity contribution is 0.127. The van der Waals surface area contributed by atoms with Crippen molar-refractivity contribution in [1.29, 1.82) is 0 Å². The zero-order valence-corrected chi connectivity index (χ0v) is 18.9. The second-order valence-corrected chi connectivity index (χ2v) is 9.32.